The summed E-state index contributed by atoms with van der Waals surface area (Å²) in [5.41, 5.74) is -0.0986. The van der Waals surface area contributed by atoms with Crippen LogP contribution in [0.25, 0.3) is 0 Å². The minimum atomic E-state index is -3.79. The molecule has 0 aliphatic carbocycles. The summed E-state index contributed by atoms with van der Waals surface area (Å²) < 4.78 is 31.9. The van der Waals surface area contributed by atoms with Gasteiger partial charge in [-0.25, -0.2) is 17.9 Å². The highest BCUT2D eigenvalue weighted by Gasteiger charge is 2.21. The maximum atomic E-state index is 12.2. The van der Waals surface area contributed by atoms with Gasteiger partial charge in [-0.15, -0.1) is 0 Å². The molecule has 0 saturated heterocycles. The van der Waals surface area contributed by atoms with Crippen molar-refractivity contribution in [3.05, 3.63) is 23.8 Å². The molecule has 21 heavy (non-hydrogen) atoms. The van der Waals surface area contributed by atoms with E-state index in [-0.39, 0.29) is 16.2 Å². The maximum Gasteiger partial charge on any atom is 0.335 e. The first-order valence-corrected chi connectivity index (χ1v) is 9.20. The minimum absolute atomic E-state index is 0.0986. The van der Waals surface area contributed by atoms with Crippen molar-refractivity contribution in [3.8, 4) is 5.75 Å². The second-order valence-corrected chi connectivity index (χ2v) is 6.99. The van der Waals surface area contributed by atoms with Gasteiger partial charge in [0.05, 0.1) is 12.7 Å². The summed E-state index contributed by atoms with van der Waals surface area (Å²) in [5.74, 6) is -0.0924. The molecule has 0 aliphatic heterocycles. The number of carbonyl (C=O) groups is 1. The highest BCUT2D eigenvalue weighted by Crippen LogP contribution is 2.24. The molecule has 0 bridgehead atoms. The Balaban J connectivity index is 2.90. The zero-order chi connectivity index (χ0) is 15.9. The number of aromatic carboxylic acids is 1. The molecule has 0 fully saturated rings. The number of methoxy groups -OCH3 is 1. The van der Waals surface area contributed by atoms with Gasteiger partial charge in [-0.2, -0.15) is 11.8 Å². The average molecular weight is 333 g/mol. The molecule has 2 N–H and O–H groups in total. The van der Waals surface area contributed by atoms with Crippen molar-refractivity contribution >= 4 is 27.8 Å². The van der Waals surface area contributed by atoms with E-state index >= 15 is 0 Å². The monoisotopic (exact) mass is 333 g/mol. The molecule has 0 unspecified atom stereocenters. The summed E-state index contributed by atoms with van der Waals surface area (Å²) in [6, 6.07) is 3.75. The van der Waals surface area contributed by atoms with Crippen LogP contribution in [0.1, 0.15) is 23.2 Å². The largest absolute Gasteiger partial charge is 0.495 e. The van der Waals surface area contributed by atoms with Crippen LogP contribution in [0.2, 0.25) is 0 Å². The Labute approximate surface area is 128 Å². The van der Waals surface area contributed by atoms with Crippen LogP contribution in [0.5, 0.6) is 5.75 Å². The van der Waals surface area contributed by atoms with E-state index in [2.05, 4.69) is 4.72 Å². The van der Waals surface area contributed by atoms with Gasteiger partial charge >= 0.3 is 5.97 Å². The molecule has 0 heterocycles. The van der Waals surface area contributed by atoms with Crippen LogP contribution in [0, 0.1) is 0 Å². The third-order valence-electron chi connectivity index (χ3n) is 2.77. The predicted octanol–water partition coefficient (Wildman–Crippen LogP) is 1.81. The van der Waals surface area contributed by atoms with Gasteiger partial charge in [0, 0.05) is 6.54 Å². The Kier molecular flexibility index (Phi) is 7.00. The van der Waals surface area contributed by atoms with Gasteiger partial charge in [-0.05, 0) is 43.0 Å². The Hall–Kier alpha value is -1.25. The SMILES string of the molecule is COc1ccc(C(=O)O)cc1S(=O)(=O)NCCCCSC. The summed E-state index contributed by atoms with van der Waals surface area (Å²) >= 11 is 1.70. The number of hydrogen-bond donors (Lipinski definition) is 2. The predicted molar refractivity (Wildman–Crippen MR) is 82.8 cm³/mol. The van der Waals surface area contributed by atoms with Crippen LogP contribution in [0.4, 0.5) is 0 Å². The van der Waals surface area contributed by atoms with Crippen molar-refractivity contribution in [1.82, 2.24) is 4.72 Å². The Bertz CT molecular complexity index is 586. The Morgan fingerprint density at radius 3 is 2.67 bits per heavy atom. The maximum absolute atomic E-state index is 12.2. The highest BCUT2D eigenvalue weighted by molar-refractivity contribution is 7.98. The fraction of sp³-hybridized carbons (Fsp3) is 0.462. The van der Waals surface area contributed by atoms with Gasteiger partial charge in [-0.3, -0.25) is 0 Å². The fourth-order valence-electron chi connectivity index (χ4n) is 1.68. The number of ether oxygens (including phenoxy) is 1. The number of rotatable bonds is 9. The van der Waals surface area contributed by atoms with Crippen LogP contribution in [0.15, 0.2) is 23.1 Å². The van der Waals surface area contributed by atoms with E-state index in [9.17, 15) is 13.2 Å². The van der Waals surface area contributed by atoms with Crippen LogP contribution in [-0.4, -0.2) is 45.2 Å². The van der Waals surface area contributed by atoms with E-state index in [0.717, 1.165) is 24.7 Å². The van der Waals surface area contributed by atoms with E-state index in [1.54, 1.807) is 11.8 Å². The Morgan fingerprint density at radius 1 is 1.38 bits per heavy atom. The number of sulfonamides is 1. The first kappa shape index (κ1) is 17.8. The molecule has 0 saturated carbocycles. The van der Waals surface area contributed by atoms with Crippen molar-refractivity contribution in [2.24, 2.45) is 0 Å². The van der Waals surface area contributed by atoms with Crippen LogP contribution < -0.4 is 9.46 Å². The lowest BCUT2D eigenvalue weighted by molar-refractivity contribution is 0.0696. The number of unbranched alkanes of at least 4 members (excludes halogenated alkanes) is 1. The second kappa shape index (κ2) is 8.26. The zero-order valence-electron chi connectivity index (χ0n) is 12.0. The number of carboxylic acids is 1. The number of carboxylic acid groups (broad SMARTS) is 1. The summed E-state index contributed by atoms with van der Waals surface area (Å²) in [6.45, 7) is 0.309. The van der Waals surface area contributed by atoms with Crippen molar-refractivity contribution in [2.75, 3.05) is 25.7 Å². The molecule has 1 aromatic rings. The van der Waals surface area contributed by atoms with Crippen molar-refractivity contribution < 1.29 is 23.1 Å². The van der Waals surface area contributed by atoms with Crippen LogP contribution in [-0.2, 0) is 10.0 Å². The molecule has 0 aliphatic rings. The lowest BCUT2D eigenvalue weighted by atomic mass is 10.2. The molecule has 0 atom stereocenters. The lowest BCUT2D eigenvalue weighted by Gasteiger charge is -2.11. The normalized spacial score (nSPS) is 11.3. The molecule has 0 aromatic heterocycles. The summed E-state index contributed by atoms with van der Waals surface area (Å²) in [7, 11) is -2.45. The molecule has 1 rings (SSSR count). The average Bonchev–Trinajstić information content (AvgIpc) is 2.46. The topological polar surface area (TPSA) is 92.7 Å². The van der Waals surface area contributed by atoms with E-state index in [1.807, 2.05) is 6.26 Å². The molecule has 1 aromatic carbocycles. The molecule has 118 valence electrons. The van der Waals surface area contributed by atoms with E-state index in [1.165, 1.54) is 19.2 Å². The van der Waals surface area contributed by atoms with Crippen molar-refractivity contribution in [3.63, 3.8) is 0 Å². The molecular weight excluding hydrogens is 314 g/mol. The number of hydrogen-bond acceptors (Lipinski definition) is 5. The van der Waals surface area contributed by atoms with Crippen LogP contribution >= 0.6 is 11.8 Å². The molecule has 8 heteroatoms. The van der Waals surface area contributed by atoms with Gasteiger partial charge in [0.1, 0.15) is 10.6 Å². The van der Waals surface area contributed by atoms with Crippen LogP contribution in [0.3, 0.4) is 0 Å². The molecule has 0 amide bonds. The first-order chi connectivity index (χ1) is 9.92. The standard InChI is InChI=1S/C13H19NO5S2/c1-19-11-6-5-10(13(15)16)9-12(11)21(17,18)14-7-3-4-8-20-2/h5-6,9,14H,3-4,7-8H2,1-2H3,(H,15,16). The molecule has 0 radical (unpaired) electrons. The van der Waals surface area contributed by atoms with E-state index in [0.29, 0.717) is 6.54 Å². The summed E-state index contributed by atoms with van der Waals surface area (Å²) in [5, 5.41) is 8.95. The number of nitrogens with one attached hydrogen (secondary N) is 1. The zero-order valence-corrected chi connectivity index (χ0v) is 13.6. The number of thioether (sulfide) groups is 1. The fourth-order valence-corrected chi connectivity index (χ4v) is 3.44. The summed E-state index contributed by atoms with van der Waals surface area (Å²) in [6.07, 6.45) is 3.63. The summed E-state index contributed by atoms with van der Waals surface area (Å²) in [4.78, 5) is 10.8. The second-order valence-electron chi connectivity index (χ2n) is 4.27. The third-order valence-corrected chi connectivity index (χ3v) is 4.95. The van der Waals surface area contributed by atoms with Gasteiger partial charge in [-0.1, -0.05) is 0 Å². The van der Waals surface area contributed by atoms with Gasteiger partial charge in [0.25, 0.3) is 0 Å². The minimum Gasteiger partial charge on any atom is -0.495 e. The van der Waals surface area contributed by atoms with Gasteiger partial charge < -0.3 is 9.84 Å². The van der Waals surface area contributed by atoms with Gasteiger partial charge in [0.15, 0.2) is 0 Å². The lowest BCUT2D eigenvalue weighted by Crippen LogP contribution is -2.25. The van der Waals surface area contributed by atoms with E-state index in [4.69, 9.17) is 9.84 Å². The van der Waals surface area contributed by atoms with Crippen molar-refractivity contribution in [2.45, 2.75) is 17.7 Å². The quantitative estimate of drug-likeness (QED) is 0.670. The van der Waals surface area contributed by atoms with Crippen molar-refractivity contribution in [1.29, 1.82) is 0 Å². The molecule has 6 nitrogen and oxygen atoms in total. The highest BCUT2D eigenvalue weighted by atomic mass is 32.2. The smallest absolute Gasteiger partial charge is 0.335 e. The van der Waals surface area contributed by atoms with E-state index < -0.39 is 16.0 Å². The first-order valence-electron chi connectivity index (χ1n) is 6.32. The third kappa shape index (κ3) is 5.22. The Morgan fingerprint density at radius 2 is 2.10 bits per heavy atom. The molecular formula is C13H19NO5S2. The molecule has 0 spiro atoms. The van der Waals surface area contributed by atoms with Gasteiger partial charge in [0.2, 0.25) is 10.0 Å². The number of benzene rings is 1.